The molecule has 7 nitrogen and oxygen atoms in total. The van der Waals surface area contributed by atoms with Crippen LogP contribution in [-0.4, -0.2) is 30.1 Å². The number of hydrogen-bond acceptors (Lipinski definition) is 6. The number of rotatable bonds is 6. The van der Waals surface area contributed by atoms with Gasteiger partial charge in [-0.25, -0.2) is 9.97 Å². The lowest BCUT2D eigenvalue weighted by Gasteiger charge is -2.10. The summed E-state index contributed by atoms with van der Waals surface area (Å²) in [5.41, 5.74) is 1.62. The van der Waals surface area contributed by atoms with Crippen LogP contribution in [0, 0.1) is 0 Å². The zero-order valence-corrected chi connectivity index (χ0v) is 14.4. The smallest absolute Gasteiger partial charge is 0.275 e. The Bertz CT molecular complexity index is 880. The van der Waals surface area contributed by atoms with E-state index in [0.29, 0.717) is 17.3 Å². The maximum absolute atomic E-state index is 12.3. The molecule has 0 unspecified atom stereocenters. The molecule has 0 aliphatic heterocycles. The highest BCUT2D eigenvalue weighted by Crippen LogP contribution is 2.25. The van der Waals surface area contributed by atoms with Crippen LogP contribution in [-0.2, 0) is 0 Å². The molecule has 0 aliphatic rings. The van der Waals surface area contributed by atoms with Gasteiger partial charge in [0.05, 0.1) is 32.3 Å². The maximum Gasteiger partial charge on any atom is 0.275 e. The molecule has 0 radical (unpaired) electrons. The molecule has 132 valence electrons. The molecule has 0 bridgehead atoms. The predicted octanol–water partition coefficient (Wildman–Crippen LogP) is 3.49. The summed E-state index contributed by atoms with van der Waals surface area (Å²) >= 11 is 0. The second-order valence-corrected chi connectivity index (χ2v) is 5.29. The Balaban J connectivity index is 1.67. The summed E-state index contributed by atoms with van der Waals surface area (Å²) in [7, 11) is 3.18. The fourth-order valence-corrected chi connectivity index (χ4v) is 2.27. The summed E-state index contributed by atoms with van der Waals surface area (Å²) in [5.74, 6) is 1.58. The first-order valence-electron chi connectivity index (χ1n) is 7.87. The van der Waals surface area contributed by atoms with Gasteiger partial charge in [0.2, 0.25) is 0 Å². The second kappa shape index (κ2) is 7.98. The van der Waals surface area contributed by atoms with E-state index < -0.39 is 0 Å². The molecule has 0 spiro atoms. The van der Waals surface area contributed by atoms with E-state index in [4.69, 9.17) is 9.47 Å². The third-order valence-electron chi connectivity index (χ3n) is 3.60. The fourth-order valence-electron chi connectivity index (χ4n) is 2.27. The van der Waals surface area contributed by atoms with Gasteiger partial charge in [-0.05, 0) is 36.4 Å². The van der Waals surface area contributed by atoms with Gasteiger partial charge in [0.25, 0.3) is 5.91 Å². The minimum Gasteiger partial charge on any atom is -0.497 e. The molecule has 0 fully saturated rings. The van der Waals surface area contributed by atoms with Gasteiger partial charge in [0.15, 0.2) is 0 Å². The molecule has 2 aromatic carbocycles. The normalized spacial score (nSPS) is 10.1. The Kier molecular flexibility index (Phi) is 5.28. The van der Waals surface area contributed by atoms with E-state index in [2.05, 4.69) is 20.6 Å². The van der Waals surface area contributed by atoms with Crippen LogP contribution < -0.4 is 20.1 Å². The number of carbonyl (C=O) groups excluding carboxylic acids is 1. The second-order valence-electron chi connectivity index (χ2n) is 5.29. The monoisotopic (exact) mass is 350 g/mol. The van der Waals surface area contributed by atoms with Gasteiger partial charge in [0.1, 0.15) is 23.0 Å². The summed E-state index contributed by atoms with van der Waals surface area (Å²) < 4.78 is 10.4. The molecule has 2 N–H and O–H groups in total. The van der Waals surface area contributed by atoms with E-state index in [9.17, 15) is 4.79 Å². The first-order chi connectivity index (χ1) is 12.7. The van der Waals surface area contributed by atoms with Crippen molar-refractivity contribution in [2.24, 2.45) is 0 Å². The molecule has 3 rings (SSSR count). The van der Waals surface area contributed by atoms with Crippen LogP contribution in [0.5, 0.6) is 11.5 Å². The number of benzene rings is 2. The SMILES string of the molecule is COc1ccc(NC(=O)c2cnc(Nc3ccccc3OC)cn2)cc1. The van der Waals surface area contributed by atoms with Crippen molar-refractivity contribution < 1.29 is 14.3 Å². The highest BCUT2D eigenvalue weighted by Gasteiger charge is 2.09. The lowest BCUT2D eigenvalue weighted by Crippen LogP contribution is -2.14. The number of amides is 1. The predicted molar refractivity (Wildman–Crippen MR) is 99.3 cm³/mol. The zero-order chi connectivity index (χ0) is 18.4. The van der Waals surface area contributed by atoms with E-state index in [-0.39, 0.29) is 11.6 Å². The van der Waals surface area contributed by atoms with Crippen LogP contribution in [0.1, 0.15) is 10.5 Å². The standard InChI is InChI=1S/C19H18N4O3/c1-25-14-9-7-13(8-10-14)22-19(24)16-11-21-18(12-20-16)23-15-5-3-4-6-17(15)26-2/h3-12H,1-2H3,(H,21,23)(H,22,24). The Labute approximate surface area is 151 Å². The van der Waals surface area contributed by atoms with Crippen LogP contribution in [0.3, 0.4) is 0 Å². The first kappa shape index (κ1) is 17.2. The van der Waals surface area contributed by atoms with E-state index in [1.54, 1.807) is 38.5 Å². The lowest BCUT2D eigenvalue weighted by molar-refractivity contribution is 0.102. The average Bonchev–Trinajstić information content (AvgIpc) is 2.69. The number of ether oxygens (including phenoxy) is 2. The number of para-hydroxylation sites is 2. The van der Waals surface area contributed by atoms with Crippen molar-refractivity contribution in [3.05, 3.63) is 66.6 Å². The molecule has 7 heteroatoms. The number of nitrogens with one attached hydrogen (secondary N) is 2. The van der Waals surface area contributed by atoms with Crippen LogP contribution in [0.15, 0.2) is 60.9 Å². The van der Waals surface area contributed by atoms with Crippen molar-refractivity contribution in [2.45, 2.75) is 0 Å². The highest BCUT2D eigenvalue weighted by molar-refractivity contribution is 6.02. The van der Waals surface area contributed by atoms with Crippen LogP contribution >= 0.6 is 0 Å². The third-order valence-corrected chi connectivity index (χ3v) is 3.60. The Morgan fingerprint density at radius 2 is 1.69 bits per heavy atom. The van der Waals surface area contributed by atoms with Crippen molar-refractivity contribution in [1.82, 2.24) is 9.97 Å². The Morgan fingerprint density at radius 1 is 0.923 bits per heavy atom. The fraction of sp³-hybridized carbons (Fsp3) is 0.105. The third kappa shape index (κ3) is 4.07. The van der Waals surface area contributed by atoms with Gasteiger partial charge in [-0.1, -0.05) is 12.1 Å². The molecule has 26 heavy (non-hydrogen) atoms. The molecule has 0 saturated carbocycles. The van der Waals surface area contributed by atoms with Gasteiger partial charge < -0.3 is 20.1 Å². The number of methoxy groups -OCH3 is 2. The first-order valence-corrected chi connectivity index (χ1v) is 7.87. The van der Waals surface area contributed by atoms with Gasteiger partial charge >= 0.3 is 0 Å². The Hall–Kier alpha value is -3.61. The number of nitrogens with zero attached hydrogens (tertiary/aromatic N) is 2. The average molecular weight is 350 g/mol. The van der Waals surface area contributed by atoms with Crippen LogP contribution in [0.2, 0.25) is 0 Å². The molecular weight excluding hydrogens is 332 g/mol. The summed E-state index contributed by atoms with van der Waals surface area (Å²) in [5, 5.41) is 5.87. The van der Waals surface area contributed by atoms with Crippen molar-refractivity contribution in [1.29, 1.82) is 0 Å². The molecule has 0 aliphatic carbocycles. The Morgan fingerprint density at radius 3 is 2.35 bits per heavy atom. The summed E-state index contributed by atoms with van der Waals surface area (Å²) in [6.45, 7) is 0. The molecular formula is C19H18N4O3. The molecule has 0 saturated heterocycles. The van der Waals surface area contributed by atoms with E-state index in [1.165, 1.54) is 12.4 Å². The van der Waals surface area contributed by atoms with Gasteiger partial charge in [-0.15, -0.1) is 0 Å². The van der Waals surface area contributed by atoms with Crippen LogP contribution in [0.4, 0.5) is 17.2 Å². The van der Waals surface area contributed by atoms with Gasteiger partial charge in [-0.3, -0.25) is 4.79 Å². The summed E-state index contributed by atoms with van der Waals surface area (Å²) in [6.07, 6.45) is 2.91. The number of carbonyl (C=O) groups is 1. The molecule has 1 amide bonds. The quantitative estimate of drug-likeness (QED) is 0.708. The number of hydrogen-bond donors (Lipinski definition) is 2. The van der Waals surface area contributed by atoms with Crippen molar-refractivity contribution in [3.63, 3.8) is 0 Å². The summed E-state index contributed by atoms with van der Waals surface area (Å²) in [4.78, 5) is 20.6. The molecule has 1 aromatic heterocycles. The van der Waals surface area contributed by atoms with Crippen LogP contribution in [0.25, 0.3) is 0 Å². The molecule has 0 atom stereocenters. The van der Waals surface area contributed by atoms with Gasteiger partial charge in [0, 0.05) is 5.69 Å². The van der Waals surface area contributed by atoms with Crippen molar-refractivity contribution in [3.8, 4) is 11.5 Å². The van der Waals surface area contributed by atoms with E-state index in [0.717, 1.165) is 11.4 Å². The topological polar surface area (TPSA) is 85.4 Å². The van der Waals surface area contributed by atoms with Gasteiger partial charge in [-0.2, -0.15) is 0 Å². The lowest BCUT2D eigenvalue weighted by atomic mass is 10.3. The van der Waals surface area contributed by atoms with E-state index >= 15 is 0 Å². The summed E-state index contributed by atoms with van der Waals surface area (Å²) in [6, 6.07) is 14.5. The highest BCUT2D eigenvalue weighted by atomic mass is 16.5. The minimum atomic E-state index is -0.341. The van der Waals surface area contributed by atoms with Crippen molar-refractivity contribution in [2.75, 3.05) is 24.9 Å². The van der Waals surface area contributed by atoms with Crippen molar-refractivity contribution >= 4 is 23.1 Å². The number of anilines is 3. The molecule has 1 heterocycles. The zero-order valence-electron chi connectivity index (χ0n) is 14.4. The maximum atomic E-state index is 12.3. The van der Waals surface area contributed by atoms with E-state index in [1.807, 2.05) is 24.3 Å². The largest absolute Gasteiger partial charge is 0.497 e. The molecule has 3 aromatic rings. The number of aromatic nitrogens is 2. The minimum absolute atomic E-state index is 0.214.